The van der Waals surface area contributed by atoms with E-state index in [1.807, 2.05) is 24.3 Å². The van der Waals surface area contributed by atoms with Crippen LogP contribution in [0.5, 0.6) is 23.0 Å². The first-order chi connectivity index (χ1) is 27.6. The van der Waals surface area contributed by atoms with Crippen LogP contribution in [0.15, 0.2) is 170 Å². The van der Waals surface area contributed by atoms with E-state index in [1.54, 1.807) is 0 Å². The van der Waals surface area contributed by atoms with Gasteiger partial charge in [-0.3, -0.25) is 0 Å². The van der Waals surface area contributed by atoms with Gasteiger partial charge < -0.3 is 19.3 Å². The predicted octanol–water partition coefficient (Wildman–Crippen LogP) is 14.5. The lowest BCUT2D eigenvalue weighted by atomic mass is 9.85. The number of para-hydroxylation sites is 4. The molecular formula is C52H34N2O2. The minimum Gasteiger partial charge on any atom is -0.453 e. The standard InChI is InChI=1S/C52H34N2O2/c1-53-43-15-7-9-17-47(43)55-49-25-21-33(29-45(49)53)31-19-23-37-35-11-3-6-14-40(35)52-42-28-32(20-24-38(42)36-12-4-5-13-39(36)51(52)41(37)27-31)34-22-26-50-46(30-34)54(2)44-16-8-10-18-48(44)56-50/h3-30H,1-2H3. The molecule has 10 aromatic carbocycles. The topological polar surface area (TPSA) is 24.9 Å². The van der Waals surface area contributed by atoms with Gasteiger partial charge in [-0.25, -0.2) is 0 Å². The van der Waals surface area contributed by atoms with Crippen molar-refractivity contribution in [1.82, 2.24) is 0 Å². The van der Waals surface area contributed by atoms with Crippen molar-refractivity contribution in [1.29, 1.82) is 0 Å². The molecule has 0 spiro atoms. The van der Waals surface area contributed by atoms with Crippen molar-refractivity contribution in [2.45, 2.75) is 0 Å². The van der Waals surface area contributed by atoms with Crippen molar-refractivity contribution in [2.24, 2.45) is 0 Å². The Labute approximate surface area is 324 Å². The maximum atomic E-state index is 6.34. The molecule has 0 saturated heterocycles. The minimum atomic E-state index is 0.864. The zero-order chi connectivity index (χ0) is 37.1. The van der Waals surface area contributed by atoms with Crippen LogP contribution in [0.1, 0.15) is 0 Å². The first-order valence-corrected chi connectivity index (χ1v) is 19.1. The van der Waals surface area contributed by atoms with E-state index in [2.05, 4.69) is 169 Å². The van der Waals surface area contributed by atoms with Crippen LogP contribution in [0.2, 0.25) is 0 Å². The normalized spacial score (nSPS) is 13.0. The van der Waals surface area contributed by atoms with Gasteiger partial charge in [0.25, 0.3) is 0 Å². The second-order valence-electron chi connectivity index (χ2n) is 15.0. The molecule has 0 N–H and O–H groups in total. The molecule has 12 rings (SSSR count). The largest absolute Gasteiger partial charge is 0.453 e. The van der Waals surface area contributed by atoms with E-state index in [9.17, 15) is 0 Å². The molecule has 4 nitrogen and oxygen atoms in total. The third-order valence-electron chi connectivity index (χ3n) is 12.0. The van der Waals surface area contributed by atoms with Gasteiger partial charge >= 0.3 is 0 Å². The van der Waals surface area contributed by atoms with Crippen LogP contribution in [-0.4, -0.2) is 14.1 Å². The summed E-state index contributed by atoms with van der Waals surface area (Å²) in [6.45, 7) is 0. The molecule has 2 aliphatic heterocycles. The highest BCUT2D eigenvalue weighted by Crippen LogP contribution is 2.50. The van der Waals surface area contributed by atoms with E-state index < -0.39 is 0 Å². The molecule has 264 valence electrons. The number of fused-ring (bicyclic) bond motifs is 15. The lowest BCUT2D eigenvalue weighted by molar-refractivity contribution is 0.475. The fourth-order valence-corrected chi connectivity index (χ4v) is 9.26. The number of hydrogen-bond donors (Lipinski definition) is 0. The second-order valence-corrected chi connectivity index (χ2v) is 15.0. The lowest BCUT2D eigenvalue weighted by Crippen LogP contribution is -2.15. The van der Waals surface area contributed by atoms with Crippen LogP contribution in [0.3, 0.4) is 0 Å². The van der Waals surface area contributed by atoms with Gasteiger partial charge in [0.05, 0.1) is 22.7 Å². The van der Waals surface area contributed by atoms with Gasteiger partial charge in [-0.1, -0.05) is 109 Å². The molecule has 0 radical (unpaired) electrons. The molecule has 0 saturated carbocycles. The summed E-state index contributed by atoms with van der Waals surface area (Å²) in [5.74, 6) is 3.48. The fourth-order valence-electron chi connectivity index (χ4n) is 9.26. The van der Waals surface area contributed by atoms with Crippen molar-refractivity contribution in [2.75, 3.05) is 23.9 Å². The summed E-state index contributed by atoms with van der Waals surface area (Å²) >= 11 is 0. The number of ether oxygens (including phenoxy) is 2. The van der Waals surface area contributed by atoms with E-state index in [-0.39, 0.29) is 0 Å². The minimum absolute atomic E-state index is 0.864. The molecule has 0 fully saturated rings. The average molecular weight is 719 g/mol. The molecule has 0 atom stereocenters. The second kappa shape index (κ2) is 11.6. The van der Waals surface area contributed by atoms with Crippen molar-refractivity contribution in [3.8, 4) is 45.3 Å². The van der Waals surface area contributed by atoms with E-state index >= 15 is 0 Å². The van der Waals surface area contributed by atoms with Crippen LogP contribution in [0, 0.1) is 0 Å². The van der Waals surface area contributed by atoms with E-state index in [1.165, 1.54) is 65.0 Å². The molecule has 2 heterocycles. The summed E-state index contributed by atoms with van der Waals surface area (Å²) in [6.07, 6.45) is 0. The Balaban J connectivity index is 1.10. The maximum Gasteiger partial charge on any atom is 0.151 e. The molecule has 0 amide bonds. The Morgan fingerprint density at radius 2 is 0.625 bits per heavy atom. The zero-order valence-corrected chi connectivity index (χ0v) is 30.9. The van der Waals surface area contributed by atoms with Crippen molar-refractivity contribution >= 4 is 76.6 Å². The highest BCUT2D eigenvalue weighted by atomic mass is 16.5. The van der Waals surface area contributed by atoms with Gasteiger partial charge in [0.15, 0.2) is 23.0 Å². The highest BCUT2D eigenvalue weighted by molar-refractivity contribution is 6.39. The quantitative estimate of drug-likeness (QED) is 0.166. The molecule has 0 aliphatic carbocycles. The Kier molecular flexibility index (Phi) is 6.44. The summed E-state index contributed by atoms with van der Waals surface area (Å²) in [6, 6.07) is 61.3. The Morgan fingerprint density at radius 1 is 0.286 bits per heavy atom. The van der Waals surface area contributed by atoms with E-state index in [0.29, 0.717) is 0 Å². The third kappa shape index (κ3) is 4.41. The first-order valence-electron chi connectivity index (χ1n) is 19.1. The van der Waals surface area contributed by atoms with Crippen LogP contribution < -0.4 is 19.3 Å². The SMILES string of the molecule is CN1c2ccccc2Oc2ccc(-c3ccc4c5ccccc5c5c6cc(-c7ccc8c(c7)N(C)c7ccccc7O8)ccc6c6ccccc6c5c4c3)cc21. The Hall–Kier alpha value is -7.30. The van der Waals surface area contributed by atoms with Crippen LogP contribution >= 0.6 is 0 Å². The summed E-state index contributed by atoms with van der Waals surface area (Å²) in [5, 5.41) is 12.6. The predicted molar refractivity (Wildman–Crippen MR) is 234 cm³/mol. The zero-order valence-electron chi connectivity index (χ0n) is 30.9. The van der Waals surface area contributed by atoms with E-state index in [0.717, 1.165) is 56.9 Å². The number of benzene rings is 10. The smallest absolute Gasteiger partial charge is 0.151 e. The van der Waals surface area contributed by atoms with Crippen LogP contribution in [-0.2, 0) is 0 Å². The summed E-state index contributed by atoms with van der Waals surface area (Å²) in [5.41, 5.74) is 8.87. The molecule has 10 aromatic rings. The maximum absolute atomic E-state index is 6.34. The van der Waals surface area contributed by atoms with Crippen LogP contribution in [0.25, 0.3) is 76.1 Å². The Bertz CT molecular complexity index is 3090. The monoisotopic (exact) mass is 718 g/mol. The summed E-state index contributed by atoms with van der Waals surface area (Å²) in [4.78, 5) is 4.46. The van der Waals surface area contributed by atoms with Gasteiger partial charge in [0.2, 0.25) is 0 Å². The average Bonchev–Trinajstić information content (AvgIpc) is 3.26. The van der Waals surface area contributed by atoms with Gasteiger partial charge in [-0.15, -0.1) is 0 Å². The molecule has 0 bridgehead atoms. The van der Waals surface area contributed by atoms with Gasteiger partial charge in [0.1, 0.15) is 0 Å². The number of hydrogen-bond acceptors (Lipinski definition) is 4. The van der Waals surface area contributed by atoms with Crippen molar-refractivity contribution < 1.29 is 9.47 Å². The fraction of sp³-hybridized carbons (Fsp3) is 0.0385. The summed E-state index contributed by atoms with van der Waals surface area (Å²) < 4.78 is 12.7. The van der Waals surface area contributed by atoms with Crippen molar-refractivity contribution in [3.05, 3.63) is 170 Å². The van der Waals surface area contributed by atoms with Crippen LogP contribution in [0.4, 0.5) is 22.7 Å². The third-order valence-corrected chi connectivity index (χ3v) is 12.0. The molecule has 0 aromatic heterocycles. The molecule has 56 heavy (non-hydrogen) atoms. The van der Waals surface area contributed by atoms with Gasteiger partial charge in [-0.2, -0.15) is 0 Å². The number of rotatable bonds is 2. The van der Waals surface area contributed by atoms with Crippen molar-refractivity contribution in [3.63, 3.8) is 0 Å². The Morgan fingerprint density at radius 3 is 1.09 bits per heavy atom. The molecule has 0 unspecified atom stereocenters. The van der Waals surface area contributed by atoms with Gasteiger partial charge in [-0.05, 0) is 137 Å². The lowest BCUT2D eigenvalue weighted by Gasteiger charge is -2.30. The molecular weight excluding hydrogens is 685 g/mol. The molecule has 4 heteroatoms. The highest BCUT2D eigenvalue weighted by Gasteiger charge is 2.24. The van der Waals surface area contributed by atoms with E-state index in [4.69, 9.17) is 9.47 Å². The summed E-state index contributed by atoms with van der Waals surface area (Å²) in [7, 11) is 4.23. The molecule has 2 aliphatic rings. The first kappa shape index (κ1) is 31.1. The number of nitrogens with zero attached hydrogens (tertiary/aromatic N) is 2. The number of anilines is 4. The van der Waals surface area contributed by atoms with Gasteiger partial charge in [0, 0.05) is 14.1 Å².